The first-order valence-corrected chi connectivity index (χ1v) is 8.57. The molecule has 1 N–H and O–H groups in total. The lowest BCUT2D eigenvalue weighted by atomic mass is 9.81. The summed E-state index contributed by atoms with van der Waals surface area (Å²) in [6.07, 6.45) is 6.06. The lowest BCUT2D eigenvalue weighted by Gasteiger charge is -2.34. The maximum absolute atomic E-state index is 12.7. The smallest absolute Gasteiger partial charge is 0.244 e. The average Bonchev–Trinajstić information content (AvgIpc) is 3.16. The van der Waals surface area contributed by atoms with Gasteiger partial charge in [0.1, 0.15) is 0 Å². The zero-order valence-corrected chi connectivity index (χ0v) is 12.9. The van der Waals surface area contributed by atoms with Gasteiger partial charge in [-0.1, -0.05) is 18.2 Å². The molecule has 1 aromatic rings. The summed E-state index contributed by atoms with van der Waals surface area (Å²) in [6.45, 7) is 1.71. The molecule has 4 nitrogen and oxygen atoms in total. The van der Waals surface area contributed by atoms with E-state index in [4.69, 9.17) is 4.74 Å². The van der Waals surface area contributed by atoms with Crippen molar-refractivity contribution in [2.45, 2.75) is 50.3 Å². The van der Waals surface area contributed by atoms with Crippen LogP contribution in [-0.2, 0) is 9.53 Å². The number of fused-ring (bicyclic) bond motifs is 1. The Bertz CT molecular complexity index is 533. The molecule has 1 saturated carbocycles. The molecule has 2 aliphatic heterocycles. The van der Waals surface area contributed by atoms with Crippen LogP contribution in [0.1, 0.15) is 32.1 Å². The van der Waals surface area contributed by atoms with Crippen molar-refractivity contribution in [3.05, 3.63) is 30.3 Å². The maximum atomic E-state index is 12.7. The number of nitrogens with zero attached hydrogens (tertiary/aromatic N) is 1. The zero-order chi connectivity index (χ0) is 14.9. The summed E-state index contributed by atoms with van der Waals surface area (Å²) in [5.41, 5.74) is 1.02. The van der Waals surface area contributed by atoms with Crippen LogP contribution < -0.4 is 10.2 Å². The average molecular weight is 300 g/mol. The Morgan fingerprint density at radius 2 is 1.95 bits per heavy atom. The normalized spacial score (nSPS) is 34.9. The van der Waals surface area contributed by atoms with Crippen LogP contribution in [0, 0.1) is 5.92 Å². The fraction of sp³-hybridized carbons (Fsp3) is 0.611. The third kappa shape index (κ3) is 2.55. The predicted octanol–water partition coefficient (Wildman–Crippen LogP) is 2.34. The van der Waals surface area contributed by atoms with Crippen LogP contribution in [0.5, 0.6) is 0 Å². The summed E-state index contributed by atoms with van der Waals surface area (Å²) in [5.74, 6) is 0.833. The van der Waals surface area contributed by atoms with E-state index in [1.54, 1.807) is 0 Å². The van der Waals surface area contributed by atoms with Gasteiger partial charge >= 0.3 is 0 Å². The summed E-state index contributed by atoms with van der Waals surface area (Å²) in [5, 5.41) is 3.67. The first-order chi connectivity index (χ1) is 10.8. The second-order valence-corrected chi connectivity index (χ2v) is 6.73. The van der Waals surface area contributed by atoms with E-state index in [2.05, 4.69) is 5.32 Å². The largest absolute Gasteiger partial charge is 0.378 e. The molecule has 3 aliphatic rings. The van der Waals surface area contributed by atoms with Gasteiger partial charge in [-0.25, -0.2) is 0 Å². The van der Waals surface area contributed by atoms with Gasteiger partial charge in [-0.2, -0.15) is 0 Å². The monoisotopic (exact) mass is 300 g/mol. The second-order valence-electron chi connectivity index (χ2n) is 6.73. The van der Waals surface area contributed by atoms with Crippen molar-refractivity contribution in [2.24, 2.45) is 5.92 Å². The number of carbonyl (C=O) groups is 1. The van der Waals surface area contributed by atoms with E-state index in [1.807, 2.05) is 35.2 Å². The molecule has 4 heteroatoms. The van der Waals surface area contributed by atoms with Gasteiger partial charge < -0.3 is 15.0 Å². The highest BCUT2D eigenvalue weighted by atomic mass is 16.5. The Kier molecular flexibility index (Phi) is 3.89. The van der Waals surface area contributed by atoms with Crippen molar-refractivity contribution in [3.8, 4) is 0 Å². The molecule has 0 radical (unpaired) electrons. The van der Waals surface area contributed by atoms with Crippen LogP contribution in [0.2, 0.25) is 0 Å². The number of carbonyl (C=O) groups excluding carboxylic acids is 1. The maximum Gasteiger partial charge on any atom is 0.244 e. The Hall–Kier alpha value is -1.39. The Labute approximate surface area is 131 Å². The summed E-state index contributed by atoms with van der Waals surface area (Å²) in [4.78, 5) is 14.6. The Balaban J connectivity index is 1.43. The first kappa shape index (κ1) is 14.2. The number of amides is 1. The van der Waals surface area contributed by atoms with Crippen LogP contribution >= 0.6 is 0 Å². The lowest BCUT2D eigenvalue weighted by molar-refractivity contribution is -0.119. The standard InChI is InChI=1S/C18H24N2O2/c21-18-16(9-11-20(18)13-5-2-1-3-6-13)19-15-7-4-8-17-14(15)10-12-22-17/h1-3,5-6,14-17,19H,4,7-12H2/t14-,15-,16-,17+/m1/s1. The number of para-hydroxylation sites is 1. The van der Waals surface area contributed by atoms with Gasteiger partial charge in [-0.05, 0) is 44.2 Å². The van der Waals surface area contributed by atoms with E-state index < -0.39 is 0 Å². The molecule has 118 valence electrons. The summed E-state index contributed by atoms with van der Waals surface area (Å²) < 4.78 is 5.83. The van der Waals surface area contributed by atoms with Crippen molar-refractivity contribution >= 4 is 11.6 Å². The fourth-order valence-corrected chi connectivity index (χ4v) is 4.34. The van der Waals surface area contributed by atoms with Gasteiger partial charge in [0.2, 0.25) is 5.91 Å². The number of anilines is 1. The van der Waals surface area contributed by atoms with E-state index in [1.165, 1.54) is 19.3 Å². The minimum absolute atomic E-state index is 0.0236. The van der Waals surface area contributed by atoms with Gasteiger partial charge in [-0.15, -0.1) is 0 Å². The zero-order valence-electron chi connectivity index (χ0n) is 12.9. The molecule has 0 unspecified atom stereocenters. The highest BCUT2D eigenvalue weighted by molar-refractivity contribution is 5.99. The number of hydrogen-bond acceptors (Lipinski definition) is 3. The van der Waals surface area contributed by atoms with Crippen molar-refractivity contribution in [1.82, 2.24) is 5.32 Å². The van der Waals surface area contributed by atoms with E-state index >= 15 is 0 Å². The van der Waals surface area contributed by atoms with Crippen LogP contribution in [0.3, 0.4) is 0 Å². The van der Waals surface area contributed by atoms with E-state index in [0.29, 0.717) is 18.1 Å². The molecule has 2 heterocycles. The van der Waals surface area contributed by atoms with Gasteiger partial charge in [0, 0.05) is 30.8 Å². The minimum atomic E-state index is -0.0236. The molecule has 1 aliphatic carbocycles. The second kappa shape index (κ2) is 6.01. The van der Waals surface area contributed by atoms with Crippen LogP contribution in [0.4, 0.5) is 5.69 Å². The highest BCUT2D eigenvalue weighted by Crippen LogP contribution is 2.35. The molecule has 0 spiro atoms. The molecule has 0 bridgehead atoms. The number of benzene rings is 1. The number of hydrogen-bond donors (Lipinski definition) is 1. The Morgan fingerprint density at radius 1 is 1.09 bits per heavy atom. The van der Waals surface area contributed by atoms with Crippen LogP contribution in [0.15, 0.2) is 30.3 Å². The van der Waals surface area contributed by atoms with Crippen molar-refractivity contribution in [2.75, 3.05) is 18.1 Å². The first-order valence-electron chi connectivity index (χ1n) is 8.57. The van der Waals surface area contributed by atoms with Crippen molar-refractivity contribution in [3.63, 3.8) is 0 Å². The molecular weight excluding hydrogens is 276 g/mol. The lowest BCUT2D eigenvalue weighted by Crippen LogP contribution is -2.50. The molecule has 22 heavy (non-hydrogen) atoms. The van der Waals surface area contributed by atoms with Crippen LogP contribution in [-0.4, -0.2) is 37.2 Å². The van der Waals surface area contributed by atoms with Crippen molar-refractivity contribution in [1.29, 1.82) is 0 Å². The number of nitrogens with one attached hydrogen (secondary N) is 1. The van der Waals surface area contributed by atoms with E-state index in [0.717, 1.165) is 31.7 Å². The third-order valence-corrected chi connectivity index (χ3v) is 5.47. The molecule has 3 fully saturated rings. The molecule has 1 aromatic carbocycles. The molecular formula is C18H24N2O2. The quantitative estimate of drug-likeness (QED) is 0.931. The summed E-state index contributed by atoms with van der Waals surface area (Å²) in [6, 6.07) is 10.4. The summed E-state index contributed by atoms with van der Waals surface area (Å²) in [7, 11) is 0. The van der Waals surface area contributed by atoms with Gasteiger partial charge in [-0.3, -0.25) is 4.79 Å². The molecule has 2 saturated heterocycles. The SMILES string of the molecule is O=C1[C@H](N[C@@H]2CCC[C@@H]3OCC[C@@H]32)CCN1c1ccccc1. The number of ether oxygens (including phenoxy) is 1. The van der Waals surface area contributed by atoms with Gasteiger partial charge in [0.05, 0.1) is 12.1 Å². The predicted molar refractivity (Wildman–Crippen MR) is 85.8 cm³/mol. The fourth-order valence-electron chi connectivity index (χ4n) is 4.34. The summed E-state index contributed by atoms with van der Waals surface area (Å²) >= 11 is 0. The molecule has 1 amide bonds. The topological polar surface area (TPSA) is 41.6 Å². The third-order valence-electron chi connectivity index (χ3n) is 5.47. The molecule has 4 rings (SSSR count). The Morgan fingerprint density at radius 3 is 2.82 bits per heavy atom. The molecule has 0 aromatic heterocycles. The van der Waals surface area contributed by atoms with Gasteiger partial charge in [0.15, 0.2) is 0 Å². The molecule has 4 atom stereocenters. The minimum Gasteiger partial charge on any atom is -0.378 e. The number of rotatable bonds is 3. The highest BCUT2D eigenvalue weighted by Gasteiger charge is 2.41. The van der Waals surface area contributed by atoms with Crippen LogP contribution in [0.25, 0.3) is 0 Å². The van der Waals surface area contributed by atoms with E-state index in [-0.39, 0.29) is 11.9 Å². The van der Waals surface area contributed by atoms with E-state index in [9.17, 15) is 4.79 Å². The van der Waals surface area contributed by atoms with Crippen molar-refractivity contribution < 1.29 is 9.53 Å². The van der Waals surface area contributed by atoms with Gasteiger partial charge in [0.25, 0.3) is 0 Å².